The standard InChI is InChI=1S/C22H34N2O4/c1-14(2)28-19(25)5-6-23-20(26)18-4-3-7-24(18)21(27)22-11-15-8-16(12-22)10-17(9-15)13-22/h14-18H,3-13H2,1-2H3,(H,23,26). The van der Waals surface area contributed by atoms with E-state index in [0.717, 1.165) is 49.9 Å². The van der Waals surface area contributed by atoms with Crippen molar-refractivity contribution in [1.82, 2.24) is 10.2 Å². The molecule has 5 rings (SSSR count). The molecule has 1 unspecified atom stereocenters. The zero-order valence-corrected chi connectivity index (χ0v) is 17.2. The highest BCUT2D eigenvalue weighted by Gasteiger charge is 2.56. The lowest BCUT2D eigenvalue weighted by molar-refractivity contribution is -0.160. The Morgan fingerprint density at radius 2 is 1.68 bits per heavy atom. The van der Waals surface area contributed by atoms with Crippen molar-refractivity contribution in [3.05, 3.63) is 0 Å². The first-order valence-corrected chi connectivity index (χ1v) is 11.1. The van der Waals surface area contributed by atoms with Crippen molar-refractivity contribution in [3.8, 4) is 0 Å². The zero-order valence-electron chi connectivity index (χ0n) is 17.2. The van der Waals surface area contributed by atoms with Crippen LogP contribution in [-0.2, 0) is 19.1 Å². The molecule has 0 radical (unpaired) electrons. The van der Waals surface area contributed by atoms with E-state index in [2.05, 4.69) is 5.32 Å². The summed E-state index contributed by atoms with van der Waals surface area (Å²) in [6, 6.07) is -0.373. The maximum absolute atomic E-state index is 13.6. The van der Waals surface area contributed by atoms with Crippen LogP contribution in [-0.4, -0.2) is 47.9 Å². The zero-order chi connectivity index (χ0) is 19.9. The number of likely N-dealkylation sites (tertiary alicyclic amines) is 1. The molecule has 4 aliphatic carbocycles. The molecule has 1 aliphatic heterocycles. The van der Waals surface area contributed by atoms with E-state index in [9.17, 15) is 14.4 Å². The fraction of sp³-hybridized carbons (Fsp3) is 0.864. The molecule has 1 saturated heterocycles. The van der Waals surface area contributed by atoms with Crippen LogP contribution in [0.4, 0.5) is 0 Å². The van der Waals surface area contributed by atoms with Crippen LogP contribution in [0.5, 0.6) is 0 Å². The average molecular weight is 391 g/mol. The Morgan fingerprint density at radius 3 is 2.25 bits per heavy atom. The van der Waals surface area contributed by atoms with Crippen LogP contribution >= 0.6 is 0 Å². The Morgan fingerprint density at radius 1 is 1.07 bits per heavy atom. The van der Waals surface area contributed by atoms with Crippen LogP contribution in [0.25, 0.3) is 0 Å². The topological polar surface area (TPSA) is 75.7 Å². The molecule has 5 aliphatic rings. The fourth-order valence-corrected chi connectivity index (χ4v) is 6.69. The normalized spacial score (nSPS) is 36.0. The van der Waals surface area contributed by atoms with Gasteiger partial charge < -0.3 is 15.0 Å². The third kappa shape index (κ3) is 3.79. The van der Waals surface area contributed by atoms with Gasteiger partial charge in [-0.1, -0.05) is 0 Å². The van der Waals surface area contributed by atoms with E-state index in [0.29, 0.717) is 6.54 Å². The SMILES string of the molecule is CC(C)OC(=O)CCNC(=O)C1CCCN1C(=O)C12CC3CC(CC(C3)C1)C2. The number of carbonyl (C=O) groups is 3. The molecule has 1 atom stereocenters. The van der Waals surface area contributed by atoms with Gasteiger partial charge >= 0.3 is 5.97 Å². The molecule has 0 aromatic heterocycles. The Bertz CT molecular complexity index is 609. The van der Waals surface area contributed by atoms with E-state index in [1.165, 1.54) is 19.3 Å². The number of nitrogens with zero attached hydrogens (tertiary/aromatic N) is 1. The van der Waals surface area contributed by atoms with Crippen molar-refractivity contribution in [2.45, 2.75) is 83.8 Å². The monoisotopic (exact) mass is 390 g/mol. The molecule has 4 bridgehead atoms. The van der Waals surface area contributed by atoms with E-state index >= 15 is 0 Å². The summed E-state index contributed by atoms with van der Waals surface area (Å²) in [6.45, 7) is 4.57. The van der Waals surface area contributed by atoms with Crippen LogP contribution in [0.3, 0.4) is 0 Å². The molecule has 5 fully saturated rings. The maximum Gasteiger partial charge on any atom is 0.307 e. The summed E-state index contributed by atoms with van der Waals surface area (Å²) >= 11 is 0. The first kappa shape index (κ1) is 19.7. The van der Waals surface area contributed by atoms with Gasteiger partial charge in [-0.05, 0) is 83.0 Å². The largest absolute Gasteiger partial charge is 0.463 e. The quantitative estimate of drug-likeness (QED) is 0.708. The molecule has 6 nitrogen and oxygen atoms in total. The number of hydrogen-bond donors (Lipinski definition) is 1. The number of hydrogen-bond acceptors (Lipinski definition) is 4. The Kier molecular flexibility index (Phi) is 5.41. The third-order valence-corrected chi connectivity index (χ3v) is 7.30. The minimum Gasteiger partial charge on any atom is -0.463 e. The first-order chi connectivity index (χ1) is 13.4. The van der Waals surface area contributed by atoms with Crippen molar-refractivity contribution in [1.29, 1.82) is 0 Å². The molecule has 4 saturated carbocycles. The smallest absolute Gasteiger partial charge is 0.307 e. The lowest BCUT2D eigenvalue weighted by Crippen LogP contribution is -2.57. The summed E-state index contributed by atoms with van der Waals surface area (Å²) in [7, 11) is 0. The van der Waals surface area contributed by atoms with Crippen LogP contribution in [0.2, 0.25) is 0 Å². The Hall–Kier alpha value is -1.59. The second-order valence-corrected chi connectivity index (χ2v) is 9.93. The molecule has 1 heterocycles. The summed E-state index contributed by atoms with van der Waals surface area (Å²) in [4.78, 5) is 39.8. The van der Waals surface area contributed by atoms with Crippen molar-refractivity contribution in [2.75, 3.05) is 13.1 Å². The summed E-state index contributed by atoms with van der Waals surface area (Å²) in [5.41, 5.74) is -0.196. The van der Waals surface area contributed by atoms with E-state index in [-0.39, 0.29) is 48.3 Å². The maximum atomic E-state index is 13.6. The van der Waals surface area contributed by atoms with Gasteiger partial charge in [0.05, 0.1) is 17.9 Å². The summed E-state index contributed by atoms with van der Waals surface area (Å²) in [5.74, 6) is 1.98. The van der Waals surface area contributed by atoms with Gasteiger partial charge in [-0.2, -0.15) is 0 Å². The molecule has 1 N–H and O–H groups in total. The Balaban J connectivity index is 1.35. The minimum atomic E-state index is -0.373. The lowest BCUT2D eigenvalue weighted by atomic mass is 9.49. The van der Waals surface area contributed by atoms with E-state index in [1.807, 2.05) is 18.7 Å². The highest BCUT2D eigenvalue weighted by molar-refractivity contribution is 5.91. The van der Waals surface area contributed by atoms with Gasteiger partial charge in [-0.15, -0.1) is 0 Å². The van der Waals surface area contributed by atoms with Gasteiger partial charge in [0, 0.05) is 13.1 Å². The van der Waals surface area contributed by atoms with Gasteiger partial charge in [-0.25, -0.2) is 0 Å². The number of nitrogens with one attached hydrogen (secondary N) is 1. The second-order valence-electron chi connectivity index (χ2n) is 9.93. The van der Waals surface area contributed by atoms with Crippen molar-refractivity contribution < 1.29 is 19.1 Å². The number of esters is 1. The highest BCUT2D eigenvalue weighted by atomic mass is 16.5. The van der Waals surface area contributed by atoms with Crippen molar-refractivity contribution in [2.24, 2.45) is 23.2 Å². The predicted octanol–water partition coefficient (Wildman–Crippen LogP) is 2.65. The first-order valence-electron chi connectivity index (χ1n) is 11.1. The molecule has 28 heavy (non-hydrogen) atoms. The van der Waals surface area contributed by atoms with Gasteiger partial charge in [0.25, 0.3) is 0 Å². The van der Waals surface area contributed by atoms with Gasteiger partial charge in [-0.3, -0.25) is 14.4 Å². The van der Waals surface area contributed by atoms with E-state index in [1.54, 1.807) is 0 Å². The summed E-state index contributed by atoms with van der Waals surface area (Å²) in [5, 5.41) is 2.85. The van der Waals surface area contributed by atoms with Gasteiger partial charge in [0.15, 0.2) is 0 Å². The fourth-order valence-electron chi connectivity index (χ4n) is 6.69. The second kappa shape index (κ2) is 7.68. The molecule has 0 aromatic rings. The van der Waals surface area contributed by atoms with Gasteiger partial charge in [0.2, 0.25) is 11.8 Å². The van der Waals surface area contributed by atoms with Gasteiger partial charge in [0.1, 0.15) is 6.04 Å². The number of rotatable bonds is 6. The minimum absolute atomic E-state index is 0.118. The number of carbonyl (C=O) groups excluding carboxylic acids is 3. The van der Waals surface area contributed by atoms with Crippen LogP contribution in [0, 0.1) is 23.2 Å². The molecule has 156 valence electrons. The highest BCUT2D eigenvalue weighted by Crippen LogP contribution is 2.60. The van der Waals surface area contributed by atoms with Crippen LogP contribution in [0.15, 0.2) is 0 Å². The van der Waals surface area contributed by atoms with Crippen molar-refractivity contribution >= 4 is 17.8 Å². The van der Waals surface area contributed by atoms with Crippen LogP contribution in [0.1, 0.15) is 71.6 Å². The number of ether oxygens (including phenoxy) is 1. The average Bonchev–Trinajstić information content (AvgIpc) is 3.08. The molecule has 6 heteroatoms. The molecular weight excluding hydrogens is 356 g/mol. The number of amides is 2. The molecule has 0 spiro atoms. The molecule has 2 amide bonds. The predicted molar refractivity (Wildman–Crippen MR) is 104 cm³/mol. The van der Waals surface area contributed by atoms with E-state index < -0.39 is 0 Å². The lowest BCUT2D eigenvalue weighted by Gasteiger charge is -2.56. The summed E-state index contributed by atoms with van der Waals surface area (Å²) in [6.07, 6.45) is 8.64. The molecular formula is C22H34N2O4. The van der Waals surface area contributed by atoms with Crippen molar-refractivity contribution in [3.63, 3.8) is 0 Å². The molecule has 0 aromatic carbocycles. The van der Waals surface area contributed by atoms with Crippen LogP contribution < -0.4 is 5.32 Å². The Labute approximate surface area is 167 Å². The van der Waals surface area contributed by atoms with E-state index in [4.69, 9.17) is 4.74 Å². The summed E-state index contributed by atoms with van der Waals surface area (Å²) < 4.78 is 5.10. The third-order valence-electron chi connectivity index (χ3n) is 7.30.